The van der Waals surface area contributed by atoms with E-state index < -0.39 is 0 Å². The maximum atomic E-state index is 5.70. The van der Waals surface area contributed by atoms with E-state index in [9.17, 15) is 0 Å². The molecule has 2 unspecified atom stereocenters. The first-order valence-electron chi connectivity index (χ1n) is 8.30. The van der Waals surface area contributed by atoms with Gasteiger partial charge in [-0.05, 0) is 80.6 Å². The third-order valence-electron chi connectivity index (χ3n) is 6.24. The van der Waals surface area contributed by atoms with Crippen LogP contribution in [0.2, 0.25) is 0 Å². The fourth-order valence-electron chi connectivity index (χ4n) is 6.63. The summed E-state index contributed by atoms with van der Waals surface area (Å²) in [6, 6.07) is 0.472. The molecule has 2 nitrogen and oxygen atoms in total. The van der Waals surface area contributed by atoms with Crippen molar-refractivity contribution in [2.45, 2.75) is 71.8 Å². The Kier molecular flexibility index (Phi) is 3.26. The molecular weight excluding hydrogens is 232 g/mol. The highest BCUT2D eigenvalue weighted by molar-refractivity contribution is 5.10. The number of hydrogen-bond donors (Lipinski definition) is 2. The van der Waals surface area contributed by atoms with Gasteiger partial charge in [-0.2, -0.15) is 0 Å². The molecule has 4 rings (SSSR count). The van der Waals surface area contributed by atoms with Crippen LogP contribution in [0.1, 0.15) is 65.7 Å². The quantitative estimate of drug-likeness (QED) is 0.799. The van der Waals surface area contributed by atoms with Gasteiger partial charge >= 0.3 is 0 Å². The van der Waals surface area contributed by atoms with E-state index in [2.05, 4.69) is 26.1 Å². The smallest absolute Gasteiger partial charge is 0.0161 e. The fourth-order valence-corrected chi connectivity index (χ4v) is 6.63. The molecule has 0 saturated heterocycles. The van der Waals surface area contributed by atoms with Crippen LogP contribution in [0.25, 0.3) is 0 Å². The predicted octanol–water partition coefficient (Wildman–Crippen LogP) is 3.31. The van der Waals surface area contributed by atoms with Crippen molar-refractivity contribution >= 4 is 0 Å². The van der Waals surface area contributed by atoms with Crippen molar-refractivity contribution in [2.75, 3.05) is 13.1 Å². The van der Waals surface area contributed by atoms with Crippen LogP contribution in [0.4, 0.5) is 0 Å². The van der Waals surface area contributed by atoms with Gasteiger partial charge in [-0.25, -0.2) is 0 Å². The van der Waals surface area contributed by atoms with Gasteiger partial charge in [0.05, 0.1) is 0 Å². The normalized spacial score (nSPS) is 49.6. The molecule has 4 fully saturated rings. The highest BCUT2D eigenvalue weighted by Crippen LogP contribution is 2.70. The second-order valence-corrected chi connectivity index (χ2v) is 8.97. The third-order valence-corrected chi connectivity index (χ3v) is 6.24. The summed E-state index contributed by atoms with van der Waals surface area (Å²) in [6.45, 7) is 9.26. The molecule has 0 aliphatic heterocycles. The van der Waals surface area contributed by atoms with Crippen molar-refractivity contribution in [2.24, 2.45) is 27.9 Å². The monoisotopic (exact) mass is 264 g/mol. The molecule has 0 heterocycles. The van der Waals surface area contributed by atoms with Gasteiger partial charge in [-0.3, -0.25) is 0 Å². The molecule has 4 aliphatic carbocycles. The largest absolute Gasteiger partial charge is 0.329 e. The van der Waals surface area contributed by atoms with Crippen molar-refractivity contribution in [3.05, 3.63) is 0 Å². The Morgan fingerprint density at radius 1 is 1.11 bits per heavy atom. The standard InChI is InChI=1S/C17H32N2/c1-13(9-18)19-5-4-17-8-14-6-15(2,11-17)10-16(3,7-14)12-17/h13-14,19H,4-12,18H2,1-3H3/t13-,14?,15?,16?,17?/m1/s1. The maximum Gasteiger partial charge on any atom is 0.0161 e. The highest BCUT2D eigenvalue weighted by atomic mass is 14.9. The SMILES string of the molecule is C[C@H](CN)NCCC12CC3CC(C)(CC(C)(C3)C1)C2. The molecular formula is C17H32N2. The van der Waals surface area contributed by atoms with Gasteiger partial charge < -0.3 is 11.1 Å². The Morgan fingerprint density at radius 2 is 1.74 bits per heavy atom. The number of hydrogen-bond acceptors (Lipinski definition) is 2. The zero-order valence-electron chi connectivity index (χ0n) is 13.1. The summed E-state index contributed by atoms with van der Waals surface area (Å²) < 4.78 is 0. The van der Waals surface area contributed by atoms with Gasteiger partial charge in [-0.15, -0.1) is 0 Å². The van der Waals surface area contributed by atoms with Crippen LogP contribution in [-0.4, -0.2) is 19.1 Å². The zero-order chi connectivity index (χ0) is 13.7. The Labute approximate surface area is 118 Å². The summed E-state index contributed by atoms with van der Waals surface area (Å²) in [6.07, 6.45) is 10.4. The van der Waals surface area contributed by atoms with E-state index in [1.807, 2.05) is 0 Å². The van der Waals surface area contributed by atoms with Gasteiger partial charge in [0.25, 0.3) is 0 Å². The summed E-state index contributed by atoms with van der Waals surface area (Å²) in [4.78, 5) is 0. The lowest BCUT2D eigenvalue weighted by molar-refractivity contribution is -0.147. The molecule has 3 N–H and O–H groups in total. The van der Waals surface area contributed by atoms with Crippen LogP contribution in [0, 0.1) is 22.2 Å². The number of nitrogens with two attached hydrogens (primary N) is 1. The van der Waals surface area contributed by atoms with Crippen LogP contribution in [0.5, 0.6) is 0 Å². The molecule has 0 aromatic rings. The molecule has 0 amide bonds. The lowest BCUT2D eigenvalue weighted by Crippen LogP contribution is -2.55. The Morgan fingerprint density at radius 3 is 2.26 bits per heavy atom. The molecule has 19 heavy (non-hydrogen) atoms. The molecule has 3 atom stereocenters. The van der Waals surface area contributed by atoms with Gasteiger partial charge in [0, 0.05) is 12.6 Å². The van der Waals surface area contributed by atoms with E-state index in [1.165, 1.54) is 44.9 Å². The molecule has 4 saturated carbocycles. The second-order valence-electron chi connectivity index (χ2n) is 8.97. The van der Waals surface area contributed by atoms with Crippen molar-refractivity contribution in [3.8, 4) is 0 Å². The third kappa shape index (κ3) is 2.58. The first kappa shape index (κ1) is 13.9. The molecule has 2 heteroatoms. The average Bonchev–Trinajstić information content (AvgIpc) is 2.23. The van der Waals surface area contributed by atoms with E-state index in [0.29, 0.717) is 22.3 Å². The van der Waals surface area contributed by atoms with Gasteiger partial charge in [0.1, 0.15) is 0 Å². The van der Waals surface area contributed by atoms with Crippen molar-refractivity contribution in [1.82, 2.24) is 5.32 Å². The first-order chi connectivity index (χ1) is 8.86. The Hall–Kier alpha value is -0.0800. The minimum atomic E-state index is 0.472. The zero-order valence-corrected chi connectivity index (χ0v) is 13.1. The summed E-state index contributed by atoms with van der Waals surface area (Å²) in [5.41, 5.74) is 7.68. The van der Waals surface area contributed by atoms with Crippen LogP contribution in [0.15, 0.2) is 0 Å². The molecule has 0 aromatic carbocycles. The van der Waals surface area contributed by atoms with Crippen molar-refractivity contribution in [1.29, 1.82) is 0 Å². The fraction of sp³-hybridized carbons (Fsp3) is 1.00. The number of nitrogens with one attached hydrogen (secondary N) is 1. The van der Waals surface area contributed by atoms with Crippen LogP contribution >= 0.6 is 0 Å². The van der Waals surface area contributed by atoms with E-state index in [1.54, 1.807) is 0 Å². The maximum absolute atomic E-state index is 5.70. The summed E-state index contributed by atoms with van der Waals surface area (Å²) in [5.74, 6) is 1.03. The molecule has 0 aromatic heterocycles. The van der Waals surface area contributed by atoms with Crippen molar-refractivity contribution in [3.63, 3.8) is 0 Å². The van der Waals surface area contributed by atoms with Gasteiger partial charge in [0.15, 0.2) is 0 Å². The number of rotatable bonds is 5. The van der Waals surface area contributed by atoms with Crippen LogP contribution in [-0.2, 0) is 0 Å². The first-order valence-corrected chi connectivity index (χ1v) is 8.30. The predicted molar refractivity (Wildman–Crippen MR) is 81.0 cm³/mol. The van der Waals surface area contributed by atoms with E-state index in [0.717, 1.165) is 19.0 Å². The summed E-state index contributed by atoms with van der Waals surface area (Å²) in [7, 11) is 0. The second kappa shape index (κ2) is 4.46. The van der Waals surface area contributed by atoms with Crippen LogP contribution < -0.4 is 11.1 Å². The Bertz CT molecular complexity index is 333. The van der Waals surface area contributed by atoms with Gasteiger partial charge in [0.2, 0.25) is 0 Å². The average molecular weight is 264 g/mol. The van der Waals surface area contributed by atoms with E-state index in [4.69, 9.17) is 5.73 Å². The van der Waals surface area contributed by atoms with Gasteiger partial charge in [-0.1, -0.05) is 13.8 Å². The topological polar surface area (TPSA) is 38.0 Å². The van der Waals surface area contributed by atoms with E-state index in [-0.39, 0.29) is 0 Å². The highest BCUT2D eigenvalue weighted by Gasteiger charge is 2.59. The lowest BCUT2D eigenvalue weighted by atomic mass is 9.40. The summed E-state index contributed by atoms with van der Waals surface area (Å²) in [5, 5.41) is 3.61. The molecule has 0 spiro atoms. The minimum absolute atomic E-state index is 0.472. The lowest BCUT2D eigenvalue weighted by Gasteiger charge is -2.65. The van der Waals surface area contributed by atoms with E-state index >= 15 is 0 Å². The molecule has 110 valence electrons. The Balaban J connectivity index is 1.67. The minimum Gasteiger partial charge on any atom is -0.329 e. The molecule has 0 radical (unpaired) electrons. The van der Waals surface area contributed by atoms with Crippen LogP contribution in [0.3, 0.4) is 0 Å². The summed E-state index contributed by atoms with van der Waals surface area (Å²) >= 11 is 0. The molecule has 4 bridgehead atoms. The molecule has 4 aliphatic rings. The van der Waals surface area contributed by atoms with Crippen molar-refractivity contribution < 1.29 is 0 Å².